The van der Waals surface area contributed by atoms with Crippen molar-refractivity contribution >= 4 is 11.0 Å². The third-order valence-electron chi connectivity index (χ3n) is 3.11. The maximum absolute atomic E-state index is 9.36. The van der Waals surface area contributed by atoms with E-state index in [1.807, 2.05) is 18.2 Å². The normalized spacial score (nSPS) is 11.2. The highest BCUT2D eigenvalue weighted by Crippen LogP contribution is 2.17. The van der Waals surface area contributed by atoms with Crippen LogP contribution in [0.15, 0.2) is 24.3 Å². The first-order valence-corrected chi connectivity index (χ1v) is 6.40. The number of hydrogen-bond acceptors (Lipinski definition) is 3. The van der Waals surface area contributed by atoms with Crippen molar-refractivity contribution in [1.29, 1.82) is 0 Å². The summed E-state index contributed by atoms with van der Waals surface area (Å²) in [4.78, 5) is 4.43. The van der Waals surface area contributed by atoms with E-state index in [1.165, 1.54) is 0 Å². The lowest BCUT2D eigenvalue weighted by atomic mass is 10.2. The molecule has 0 unspecified atom stereocenters. The second-order valence-electron chi connectivity index (χ2n) is 4.38. The average Bonchev–Trinajstić information content (AvgIpc) is 2.77. The van der Waals surface area contributed by atoms with Crippen molar-refractivity contribution in [1.82, 2.24) is 9.55 Å². The van der Waals surface area contributed by atoms with Gasteiger partial charge in [0, 0.05) is 20.3 Å². The topological polar surface area (TPSA) is 47.3 Å². The van der Waals surface area contributed by atoms with Gasteiger partial charge in [0.15, 0.2) is 0 Å². The Hall–Kier alpha value is -1.39. The lowest BCUT2D eigenvalue weighted by molar-refractivity contribution is 0.191. The van der Waals surface area contributed by atoms with Gasteiger partial charge in [0.2, 0.25) is 0 Å². The average molecular weight is 248 g/mol. The van der Waals surface area contributed by atoms with Crippen LogP contribution in [0.4, 0.5) is 0 Å². The third kappa shape index (κ3) is 2.89. The summed E-state index contributed by atoms with van der Waals surface area (Å²) in [5, 5.41) is 9.36. The number of unbranched alkanes of at least 4 members (excludes halogenated alkanes) is 2. The predicted octanol–water partition coefficient (Wildman–Crippen LogP) is 2.35. The Labute approximate surface area is 107 Å². The number of aromatic nitrogens is 2. The maximum Gasteiger partial charge on any atom is 0.135 e. The van der Waals surface area contributed by atoms with Gasteiger partial charge in [0.1, 0.15) is 12.4 Å². The van der Waals surface area contributed by atoms with Crippen molar-refractivity contribution in [3.63, 3.8) is 0 Å². The molecule has 2 aromatic rings. The van der Waals surface area contributed by atoms with Crippen LogP contribution in [0.2, 0.25) is 0 Å². The van der Waals surface area contributed by atoms with Crippen molar-refractivity contribution in [2.45, 2.75) is 32.4 Å². The van der Waals surface area contributed by atoms with Gasteiger partial charge in [0.05, 0.1) is 11.0 Å². The van der Waals surface area contributed by atoms with Crippen LogP contribution < -0.4 is 0 Å². The summed E-state index contributed by atoms with van der Waals surface area (Å²) in [5.41, 5.74) is 2.06. The van der Waals surface area contributed by atoms with E-state index in [4.69, 9.17) is 4.74 Å². The number of rotatable bonds is 7. The third-order valence-corrected chi connectivity index (χ3v) is 3.11. The van der Waals surface area contributed by atoms with E-state index in [9.17, 15) is 5.11 Å². The van der Waals surface area contributed by atoms with Gasteiger partial charge in [0.25, 0.3) is 0 Å². The molecule has 4 heteroatoms. The Balaban J connectivity index is 2.06. The zero-order valence-electron chi connectivity index (χ0n) is 10.8. The van der Waals surface area contributed by atoms with E-state index in [1.54, 1.807) is 7.11 Å². The highest BCUT2D eigenvalue weighted by Gasteiger charge is 2.08. The van der Waals surface area contributed by atoms with Gasteiger partial charge < -0.3 is 14.4 Å². The summed E-state index contributed by atoms with van der Waals surface area (Å²) in [6.07, 6.45) is 3.29. The number of hydrogen-bond donors (Lipinski definition) is 1. The summed E-state index contributed by atoms with van der Waals surface area (Å²) >= 11 is 0. The Bertz CT molecular complexity index is 493. The van der Waals surface area contributed by atoms with E-state index >= 15 is 0 Å². The second-order valence-corrected chi connectivity index (χ2v) is 4.38. The van der Waals surface area contributed by atoms with E-state index in [0.29, 0.717) is 0 Å². The zero-order chi connectivity index (χ0) is 12.8. The molecule has 0 radical (unpaired) electrons. The molecule has 1 aromatic carbocycles. The Kier molecular flexibility index (Phi) is 4.73. The van der Waals surface area contributed by atoms with Gasteiger partial charge >= 0.3 is 0 Å². The van der Waals surface area contributed by atoms with Crippen LogP contribution >= 0.6 is 0 Å². The molecule has 0 fully saturated rings. The summed E-state index contributed by atoms with van der Waals surface area (Å²) in [5.74, 6) is 0.753. The van der Waals surface area contributed by atoms with Crippen molar-refractivity contribution in [3.05, 3.63) is 30.1 Å². The molecule has 0 saturated heterocycles. The van der Waals surface area contributed by atoms with E-state index < -0.39 is 0 Å². The minimum absolute atomic E-state index is 0.00719. The first-order valence-electron chi connectivity index (χ1n) is 6.40. The molecular weight excluding hydrogens is 228 g/mol. The monoisotopic (exact) mass is 248 g/mol. The van der Waals surface area contributed by atoms with Crippen molar-refractivity contribution in [2.24, 2.45) is 0 Å². The molecule has 0 aliphatic rings. The highest BCUT2D eigenvalue weighted by atomic mass is 16.5. The standard InChI is InChI=1S/C14H20N2O2/c1-18-10-6-2-5-9-16-13-8-4-3-7-12(13)15-14(16)11-17/h3-4,7-8,17H,2,5-6,9-11H2,1H3. The molecule has 0 atom stereocenters. The van der Waals surface area contributed by atoms with E-state index in [2.05, 4.69) is 15.6 Å². The fraction of sp³-hybridized carbons (Fsp3) is 0.500. The van der Waals surface area contributed by atoms with Gasteiger partial charge in [-0.2, -0.15) is 0 Å². The van der Waals surface area contributed by atoms with Gasteiger partial charge in [-0.1, -0.05) is 12.1 Å². The second kappa shape index (κ2) is 6.52. The van der Waals surface area contributed by atoms with Gasteiger partial charge in [-0.3, -0.25) is 0 Å². The first kappa shape index (κ1) is 13.1. The molecule has 1 heterocycles. The lowest BCUT2D eigenvalue weighted by Crippen LogP contribution is -2.04. The zero-order valence-corrected chi connectivity index (χ0v) is 10.8. The first-order chi connectivity index (χ1) is 8.86. The number of benzene rings is 1. The fourth-order valence-corrected chi connectivity index (χ4v) is 2.19. The Morgan fingerprint density at radius 3 is 2.83 bits per heavy atom. The molecule has 0 saturated carbocycles. The molecule has 1 N–H and O–H groups in total. The number of ether oxygens (including phenoxy) is 1. The Morgan fingerprint density at radius 1 is 1.22 bits per heavy atom. The molecule has 0 bridgehead atoms. The summed E-state index contributed by atoms with van der Waals surface area (Å²) < 4.78 is 7.15. The van der Waals surface area contributed by atoms with Crippen LogP contribution in [0.25, 0.3) is 11.0 Å². The molecule has 0 amide bonds. The largest absolute Gasteiger partial charge is 0.388 e. The fourth-order valence-electron chi connectivity index (χ4n) is 2.19. The number of para-hydroxylation sites is 2. The highest BCUT2D eigenvalue weighted by molar-refractivity contribution is 5.75. The quantitative estimate of drug-likeness (QED) is 0.765. The maximum atomic E-state index is 9.36. The molecule has 2 rings (SSSR count). The molecular formula is C14H20N2O2. The number of aryl methyl sites for hydroxylation is 1. The van der Waals surface area contributed by atoms with Gasteiger partial charge in [-0.25, -0.2) is 4.98 Å². The molecule has 1 aromatic heterocycles. The number of imidazole rings is 1. The van der Waals surface area contributed by atoms with E-state index in [-0.39, 0.29) is 6.61 Å². The molecule has 0 spiro atoms. The molecule has 0 aliphatic carbocycles. The van der Waals surface area contributed by atoms with Crippen molar-refractivity contribution in [3.8, 4) is 0 Å². The van der Waals surface area contributed by atoms with Crippen molar-refractivity contribution in [2.75, 3.05) is 13.7 Å². The summed E-state index contributed by atoms with van der Waals surface area (Å²) in [6, 6.07) is 8.01. The molecule has 0 aliphatic heterocycles. The number of aliphatic hydroxyl groups is 1. The lowest BCUT2D eigenvalue weighted by Gasteiger charge is -2.07. The number of fused-ring (bicyclic) bond motifs is 1. The minimum atomic E-state index is -0.00719. The van der Waals surface area contributed by atoms with Crippen LogP contribution in [0.3, 0.4) is 0 Å². The van der Waals surface area contributed by atoms with Crippen molar-refractivity contribution < 1.29 is 9.84 Å². The molecule has 18 heavy (non-hydrogen) atoms. The number of nitrogens with zero attached hydrogens (tertiary/aromatic N) is 2. The molecule has 98 valence electrons. The minimum Gasteiger partial charge on any atom is -0.388 e. The predicted molar refractivity (Wildman–Crippen MR) is 71.4 cm³/mol. The summed E-state index contributed by atoms with van der Waals surface area (Å²) in [6.45, 7) is 1.71. The van der Waals surface area contributed by atoms with Crippen LogP contribution in [0, 0.1) is 0 Å². The van der Waals surface area contributed by atoms with Gasteiger partial charge in [-0.15, -0.1) is 0 Å². The summed E-state index contributed by atoms with van der Waals surface area (Å²) in [7, 11) is 1.73. The Morgan fingerprint density at radius 2 is 2.06 bits per heavy atom. The van der Waals surface area contributed by atoms with Crippen LogP contribution in [0.5, 0.6) is 0 Å². The SMILES string of the molecule is COCCCCCn1c(CO)nc2ccccc21. The van der Waals surface area contributed by atoms with E-state index in [0.717, 1.165) is 49.3 Å². The van der Waals surface area contributed by atoms with Crippen LogP contribution in [-0.4, -0.2) is 28.4 Å². The smallest absolute Gasteiger partial charge is 0.135 e. The van der Waals surface area contributed by atoms with Crippen LogP contribution in [-0.2, 0) is 17.9 Å². The number of aliphatic hydroxyl groups excluding tert-OH is 1. The molecule has 4 nitrogen and oxygen atoms in total. The number of methoxy groups -OCH3 is 1. The van der Waals surface area contributed by atoms with Gasteiger partial charge in [-0.05, 0) is 31.4 Å². The van der Waals surface area contributed by atoms with Crippen LogP contribution in [0.1, 0.15) is 25.1 Å².